The molecule has 20 heavy (non-hydrogen) atoms. The summed E-state index contributed by atoms with van der Waals surface area (Å²) < 4.78 is 0. The fourth-order valence-corrected chi connectivity index (χ4v) is 2.94. The number of rotatable bonds is 2. The van der Waals surface area contributed by atoms with Gasteiger partial charge in [-0.05, 0) is 46.9 Å². The van der Waals surface area contributed by atoms with E-state index in [4.69, 9.17) is 11.6 Å². The molecule has 1 unspecified atom stereocenters. The van der Waals surface area contributed by atoms with Gasteiger partial charge < -0.3 is 5.32 Å². The number of carbonyl (C=O) groups excluding carboxylic acids is 1. The van der Waals surface area contributed by atoms with Gasteiger partial charge in [0.1, 0.15) is 0 Å². The van der Waals surface area contributed by atoms with Crippen LogP contribution in [0.2, 0.25) is 5.02 Å². The molecule has 0 saturated heterocycles. The van der Waals surface area contributed by atoms with Gasteiger partial charge >= 0.3 is 0 Å². The van der Waals surface area contributed by atoms with Gasteiger partial charge in [-0.1, -0.05) is 48.0 Å². The lowest BCUT2D eigenvalue weighted by Gasteiger charge is -2.20. The third-order valence-corrected chi connectivity index (χ3v) is 3.90. The number of halogens is 1. The van der Waals surface area contributed by atoms with Crippen LogP contribution in [0.5, 0.6) is 0 Å². The van der Waals surface area contributed by atoms with Crippen molar-refractivity contribution in [2.24, 2.45) is 0 Å². The minimum atomic E-state index is -0.175. The standard InChI is InChI=1S/C17H14ClNO/c1-11-8-12-6-7-13(18)9-16(12)17(19-10-20)15-5-3-2-4-14(11)15/h2-10,17H,1H3,(H,19,20). The van der Waals surface area contributed by atoms with E-state index in [1.807, 2.05) is 36.4 Å². The van der Waals surface area contributed by atoms with Gasteiger partial charge in [-0.2, -0.15) is 0 Å². The Morgan fingerprint density at radius 3 is 2.75 bits per heavy atom. The highest BCUT2D eigenvalue weighted by molar-refractivity contribution is 6.30. The zero-order valence-electron chi connectivity index (χ0n) is 11.1. The first kappa shape index (κ1) is 12.9. The van der Waals surface area contributed by atoms with Crippen LogP contribution in [-0.4, -0.2) is 6.41 Å². The van der Waals surface area contributed by atoms with Crippen LogP contribution in [-0.2, 0) is 4.79 Å². The summed E-state index contributed by atoms with van der Waals surface area (Å²) in [6.07, 6.45) is 2.88. The van der Waals surface area contributed by atoms with E-state index < -0.39 is 0 Å². The lowest BCUT2D eigenvalue weighted by molar-refractivity contribution is -0.110. The highest BCUT2D eigenvalue weighted by Gasteiger charge is 2.22. The third-order valence-electron chi connectivity index (χ3n) is 3.66. The van der Waals surface area contributed by atoms with Gasteiger partial charge in [-0.3, -0.25) is 4.79 Å². The molecule has 100 valence electrons. The summed E-state index contributed by atoms with van der Waals surface area (Å²) >= 11 is 6.12. The van der Waals surface area contributed by atoms with Gasteiger partial charge in [-0.15, -0.1) is 0 Å². The second kappa shape index (κ2) is 5.14. The molecule has 0 saturated carbocycles. The Kier molecular flexibility index (Phi) is 3.33. The molecule has 0 aromatic heterocycles. The Morgan fingerprint density at radius 2 is 1.95 bits per heavy atom. The molecule has 0 aliphatic heterocycles. The van der Waals surface area contributed by atoms with Gasteiger partial charge in [0.2, 0.25) is 6.41 Å². The summed E-state index contributed by atoms with van der Waals surface area (Å²) in [6.45, 7) is 2.08. The van der Waals surface area contributed by atoms with Crippen LogP contribution in [0.3, 0.4) is 0 Å². The zero-order chi connectivity index (χ0) is 14.1. The van der Waals surface area contributed by atoms with Crippen LogP contribution in [0.4, 0.5) is 0 Å². The molecule has 1 aliphatic carbocycles. The van der Waals surface area contributed by atoms with Crippen LogP contribution >= 0.6 is 11.6 Å². The number of amides is 1. The van der Waals surface area contributed by atoms with Gasteiger partial charge in [0.25, 0.3) is 0 Å². The number of carbonyl (C=O) groups is 1. The SMILES string of the molecule is CC1=Cc2ccc(Cl)cc2C(NC=O)c2ccccc21. The maximum atomic E-state index is 11.0. The fraction of sp³-hybridized carbons (Fsp3) is 0.118. The molecule has 0 bridgehead atoms. The lowest BCUT2D eigenvalue weighted by Crippen LogP contribution is -2.21. The molecular weight excluding hydrogens is 270 g/mol. The maximum absolute atomic E-state index is 11.0. The molecular formula is C17H14ClNO. The average Bonchev–Trinajstić information content (AvgIpc) is 2.57. The van der Waals surface area contributed by atoms with E-state index in [0.29, 0.717) is 5.02 Å². The Balaban J connectivity index is 2.30. The monoisotopic (exact) mass is 283 g/mol. The van der Waals surface area contributed by atoms with Crippen molar-refractivity contribution < 1.29 is 4.79 Å². The highest BCUT2D eigenvalue weighted by Crippen LogP contribution is 2.37. The van der Waals surface area contributed by atoms with Crippen LogP contribution < -0.4 is 5.32 Å². The number of hydrogen-bond donors (Lipinski definition) is 1. The molecule has 1 aliphatic rings. The molecule has 1 atom stereocenters. The Morgan fingerprint density at radius 1 is 1.15 bits per heavy atom. The molecule has 0 fully saturated rings. The van der Waals surface area contributed by atoms with E-state index in [-0.39, 0.29) is 6.04 Å². The van der Waals surface area contributed by atoms with Crippen molar-refractivity contribution >= 4 is 29.7 Å². The molecule has 3 rings (SSSR count). The van der Waals surface area contributed by atoms with Crippen molar-refractivity contribution in [3.05, 3.63) is 69.7 Å². The van der Waals surface area contributed by atoms with Gasteiger partial charge in [-0.25, -0.2) is 0 Å². The average molecular weight is 284 g/mol. The minimum Gasteiger partial charge on any atom is -0.348 e. The first-order valence-corrected chi connectivity index (χ1v) is 6.85. The number of allylic oxidation sites excluding steroid dienone is 1. The second-order valence-electron chi connectivity index (χ2n) is 4.91. The predicted molar refractivity (Wildman–Crippen MR) is 82.5 cm³/mol. The van der Waals surface area contributed by atoms with E-state index in [2.05, 4.69) is 24.4 Å². The van der Waals surface area contributed by atoms with Crippen molar-refractivity contribution in [3.8, 4) is 0 Å². The Labute approximate surface area is 123 Å². The number of benzene rings is 2. The normalized spacial score (nSPS) is 16.5. The molecule has 2 aromatic carbocycles. The van der Waals surface area contributed by atoms with Crippen molar-refractivity contribution in [2.45, 2.75) is 13.0 Å². The van der Waals surface area contributed by atoms with E-state index >= 15 is 0 Å². The molecule has 0 heterocycles. The topological polar surface area (TPSA) is 29.1 Å². The number of hydrogen-bond acceptors (Lipinski definition) is 1. The summed E-state index contributed by atoms with van der Waals surface area (Å²) in [5, 5.41) is 3.59. The second-order valence-corrected chi connectivity index (χ2v) is 5.34. The zero-order valence-corrected chi connectivity index (χ0v) is 11.8. The van der Waals surface area contributed by atoms with E-state index in [9.17, 15) is 4.79 Å². The van der Waals surface area contributed by atoms with E-state index in [1.165, 1.54) is 5.57 Å². The molecule has 3 heteroatoms. The summed E-state index contributed by atoms with van der Waals surface area (Å²) in [5.41, 5.74) is 5.53. The smallest absolute Gasteiger partial charge is 0.207 e. The van der Waals surface area contributed by atoms with Gasteiger partial charge in [0.15, 0.2) is 0 Å². The van der Waals surface area contributed by atoms with Crippen molar-refractivity contribution in [2.75, 3.05) is 0 Å². The Hall–Kier alpha value is -2.06. The van der Waals surface area contributed by atoms with Crippen molar-refractivity contribution in [1.29, 1.82) is 0 Å². The van der Waals surface area contributed by atoms with Crippen LogP contribution in [0.25, 0.3) is 11.6 Å². The molecule has 0 radical (unpaired) electrons. The predicted octanol–water partition coefficient (Wildman–Crippen LogP) is 4.05. The summed E-state index contributed by atoms with van der Waals surface area (Å²) in [5.74, 6) is 0. The Bertz CT molecular complexity index is 706. The molecule has 1 N–H and O–H groups in total. The van der Waals surface area contributed by atoms with E-state index in [0.717, 1.165) is 28.7 Å². The molecule has 2 aromatic rings. The van der Waals surface area contributed by atoms with Gasteiger partial charge in [0.05, 0.1) is 6.04 Å². The third kappa shape index (κ3) is 2.12. The van der Waals surface area contributed by atoms with E-state index in [1.54, 1.807) is 0 Å². The van der Waals surface area contributed by atoms with Crippen LogP contribution in [0.1, 0.15) is 35.2 Å². The summed E-state index contributed by atoms with van der Waals surface area (Å²) in [6, 6.07) is 13.7. The number of fused-ring (bicyclic) bond motifs is 2. The first-order chi connectivity index (χ1) is 9.70. The summed E-state index contributed by atoms with van der Waals surface area (Å²) in [7, 11) is 0. The van der Waals surface area contributed by atoms with Crippen molar-refractivity contribution in [1.82, 2.24) is 5.32 Å². The largest absolute Gasteiger partial charge is 0.348 e. The minimum absolute atomic E-state index is 0.175. The lowest BCUT2D eigenvalue weighted by atomic mass is 9.93. The summed E-state index contributed by atoms with van der Waals surface area (Å²) in [4.78, 5) is 11.0. The molecule has 1 amide bonds. The van der Waals surface area contributed by atoms with Crippen LogP contribution in [0, 0.1) is 0 Å². The quantitative estimate of drug-likeness (QED) is 0.828. The van der Waals surface area contributed by atoms with Crippen LogP contribution in [0.15, 0.2) is 42.5 Å². The van der Waals surface area contributed by atoms with Crippen molar-refractivity contribution in [3.63, 3.8) is 0 Å². The highest BCUT2D eigenvalue weighted by atomic mass is 35.5. The first-order valence-electron chi connectivity index (χ1n) is 6.47. The fourth-order valence-electron chi connectivity index (χ4n) is 2.76. The molecule has 2 nitrogen and oxygen atoms in total. The maximum Gasteiger partial charge on any atom is 0.207 e. The molecule has 0 spiro atoms. The van der Waals surface area contributed by atoms with Gasteiger partial charge in [0, 0.05) is 5.02 Å². The number of nitrogens with one attached hydrogen (secondary N) is 1.